The number of hydrogen-bond acceptors (Lipinski definition) is 0. The maximum atomic E-state index is 2.51. The minimum absolute atomic E-state index is 0.589. The van der Waals surface area contributed by atoms with E-state index in [4.69, 9.17) is 0 Å². The van der Waals surface area contributed by atoms with Gasteiger partial charge in [-0.2, -0.15) is 0 Å². The summed E-state index contributed by atoms with van der Waals surface area (Å²) in [6.45, 7) is 14.3. The Morgan fingerprint density at radius 2 is 1.50 bits per heavy atom. The SMILES string of the molecule is CCCC(C)CC(C)(CC)CC(CC)CC. The first-order chi connectivity index (χ1) is 7.51. The van der Waals surface area contributed by atoms with Crippen LogP contribution >= 0.6 is 0 Å². The molecule has 0 bridgehead atoms. The van der Waals surface area contributed by atoms with Crippen LogP contribution in [0.2, 0.25) is 0 Å². The molecule has 0 radical (unpaired) electrons. The predicted octanol–water partition coefficient (Wildman–Crippen LogP) is 6.06. The molecule has 0 rings (SSSR count). The van der Waals surface area contributed by atoms with Crippen LogP contribution in [0.3, 0.4) is 0 Å². The molecule has 16 heavy (non-hydrogen) atoms. The minimum atomic E-state index is 0.589. The summed E-state index contributed by atoms with van der Waals surface area (Å²) in [4.78, 5) is 0. The van der Waals surface area contributed by atoms with Crippen molar-refractivity contribution in [2.45, 2.75) is 86.5 Å². The molecule has 0 saturated carbocycles. The van der Waals surface area contributed by atoms with E-state index in [9.17, 15) is 0 Å². The second-order valence-electron chi connectivity index (χ2n) is 6.15. The van der Waals surface area contributed by atoms with E-state index in [2.05, 4.69) is 41.5 Å². The van der Waals surface area contributed by atoms with E-state index in [1.54, 1.807) is 0 Å². The van der Waals surface area contributed by atoms with E-state index >= 15 is 0 Å². The van der Waals surface area contributed by atoms with Gasteiger partial charge in [0.05, 0.1) is 0 Å². The molecule has 2 atom stereocenters. The molecule has 0 heterocycles. The Morgan fingerprint density at radius 1 is 0.938 bits per heavy atom. The third-order valence-corrected chi connectivity index (χ3v) is 4.41. The second kappa shape index (κ2) is 8.14. The van der Waals surface area contributed by atoms with Gasteiger partial charge in [0, 0.05) is 0 Å². The molecule has 0 aromatic rings. The largest absolute Gasteiger partial charge is 0.0654 e. The van der Waals surface area contributed by atoms with Gasteiger partial charge in [0.2, 0.25) is 0 Å². The van der Waals surface area contributed by atoms with Crippen molar-refractivity contribution in [3.05, 3.63) is 0 Å². The Labute approximate surface area is 104 Å². The van der Waals surface area contributed by atoms with E-state index in [0.29, 0.717) is 5.41 Å². The predicted molar refractivity (Wildman–Crippen MR) is 75.8 cm³/mol. The summed E-state index contributed by atoms with van der Waals surface area (Å²) in [5.41, 5.74) is 0.589. The van der Waals surface area contributed by atoms with E-state index < -0.39 is 0 Å². The Hall–Kier alpha value is 0. The Bertz CT molecular complexity index is 157. The zero-order chi connectivity index (χ0) is 12.6. The summed E-state index contributed by atoms with van der Waals surface area (Å²) < 4.78 is 0. The van der Waals surface area contributed by atoms with Gasteiger partial charge in [0.15, 0.2) is 0 Å². The average molecular weight is 226 g/mol. The van der Waals surface area contributed by atoms with Crippen LogP contribution in [0.15, 0.2) is 0 Å². The van der Waals surface area contributed by atoms with Gasteiger partial charge in [-0.15, -0.1) is 0 Å². The smallest absolute Gasteiger partial charge is 0.0323 e. The maximum Gasteiger partial charge on any atom is -0.0323 e. The van der Waals surface area contributed by atoms with Crippen LogP contribution in [0.5, 0.6) is 0 Å². The van der Waals surface area contributed by atoms with Crippen molar-refractivity contribution in [1.82, 2.24) is 0 Å². The van der Waals surface area contributed by atoms with Gasteiger partial charge in [0.25, 0.3) is 0 Å². The van der Waals surface area contributed by atoms with Crippen molar-refractivity contribution in [1.29, 1.82) is 0 Å². The van der Waals surface area contributed by atoms with Crippen molar-refractivity contribution in [2.75, 3.05) is 0 Å². The maximum absolute atomic E-state index is 2.51. The first kappa shape index (κ1) is 16.0. The van der Waals surface area contributed by atoms with Gasteiger partial charge in [-0.1, -0.05) is 73.6 Å². The lowest BCUT2D eigenvalue weighted by Gasteiger charge is -2.34. The summed E-state index contributed by atoms with van der Waals surface area (Å²) in [7, 11) is 0. The molecule has 0 aromatic carbocycles. The fourth-order valence-corrected chi connectivity index (χ4v) is 3.08. The summed E-state index contributed by atoms with van der Waals surface area (Å²) in [6, 6.07) is 0. The lowest BCUT2D eigenvalue weighted by atomic mass is 9.71. The van der Waals surface area contributed by atoms with Gasteiger partial charge in [-0.05, 0) is 30.1 Å². The monoisotopic (exact) mass is 226 g/mol. The molecule has 0 aromatic heterocycles. The van der Waals surface area contributed by atoms with Crippen molar-refractivity contribution in [3.63, 3.8) is 0 Å². The first-order valence-corrected chi connectivity index (χ1v) is 7.51. The molecule has 0 aliphatic rings. The van der Waals surface area contributed by atoms with Gasteiger partial charge in [0.1, 0.15) is 0 Å². The Morgan fingerprint density at radius 3 is 1.88 bits per heavy atom. The van der Waals surface area contributed by atoms with E-state index in [1.165, 1.54) is 44.9 Å². The standard InChI is InChI=1S/C16H34/c1-7-11-14(5)12-16(6,10-4)13-15(8-2)9-3/h14-15H,7-13H2,1-6H3. The molecular weight excluding hydrogens is 192 g/mol. The third kappa shape index (κ3) is 5.92. The molecule has 2 unspecified atom stereocenters. The highest BCUT2D eigenvalue weighted by Gasteiger charge is 2.26. The molecule has 0 heteroatoms. The lowest BCUT2D eigenvalue weighted by Crippen LogP contribution is -2.22. The molecular formula is C16H34. The van der Waals surface area contributed by atoms with Gasteiger partial charge in [-0.25, -0.2) is 0 Å². The molecule has 0 saturated heterocycles. The second-order valence-corrected chi connectivity index (χ2v) is 6.15. The fraction of sp³-hybridized carbons (Fsp3) is 1.00. The molecule has 98 valence electrons. The number of hydrogen-bond donors (Lipinski definition) is 0. The van der Waals surface area contributed by atoms with Crippen LogP contribution in [0.4, 0.5) is 0 Å². The molecule has 0 fully saturated rings. The van der Waals surface area contributed by atoms with E-state index in [-0.39, 0.29) is 0 Å². The Balaban J connectivity index is 4.28. The van der Waals surface area contributed by atoms with E-state index in [1.807, 2.05) is 0 Å². The fourth-order valence-electron chi connectivity index (χ4n) is 3.08. The molecule has 0 aliphatic carbocycles. The molecule has 0 amide bonds. The zero-order valence-corrected chi connectivity index (χ0v) is 12.6. The first-order valence-electron chi connectivity index (χ1n) is 7.51. The van der Waals surface area contributed by atoms with Crippen LogP contribution < -0.4 is 0 Å². The highest BCUT2D eigenvalue weighted by Crippen LogP contribution is 2.39. The summed E-state index contributed by atoms with van der Waals surface area (Å²) >= 11 is 0. The highest BCUT2D eigenvalue weighted by atomic mass is 14.3. The van der Waals surface area contributed by atoms with Crippen molar-refractivity contribution < 1.29 is 0 Å². The van der Waals surface area contributed by atoms with Crippen molar-refractivity contribution in [3.8, 4) is 0 Å². The Kier molecular flexibility index (Phi) is 8.14. The van der Waals surface area contributed by atoms with Gasteiger partial charge in [-0.3, -0.25) is 0 Å². The molecule has 0 aliphatic heterocycles. The van der Waals surface area contributed by atoms with Crippen LogP contribution in [-0.2, 0) is 0 Å². The van der Waals surface area contributed by atoms with Crippen LogP contribution in [0.1, 0.15) is 86.5 Å². The molecule has 0 nitrogen and oxygen atoms in total. The zero-order valence-electron chi connectivity index (χ0n) is 12.6. The average Bonchev–Trinajstić information content (AvgIpc) is 2.26. The van der Waals surface area contributed by atoms with Crippen LogP contribution in [0.25, 0.3) is 0 Å². The summed E-state index contributed by atoms with van der Waals surface area (Å²) in [5.74, 6) is 1.85. The molecule has 0 spiro atoms. The van der Waals surface area contributed by atoms with Crippen molar-refractivity contribution >= 4 is 0 Å². The van der Waals surface area contributed by atoms with Gasteiger partial charge >= 0.3 is 0 Å². The molecule has 0 N–H and O–H groups in total. The van der Waals surface area contributed by atoms with Gasteiger partial charge < -0.3 is 0 Å². The number of rotatable bonds is 9. The van der Waals surface area contributed by atoms with Crippen LogP contribution in [0, 0.1) is 17.3 Å². The topological polar surface area (TPSA) is 0 Å². The quantitative estimate of drug-likeness (QED) is 0.448. The normalized spacial score (nSPS) is 17.4. The third-order valence-electron chi connectivity index (χ3n) is 4.41. The summed E-state index contributed by atoms with van der Waals surface area (Å²) in [6.07, 6.45) is 9.66. The van der Waals surface area contributed by atoms with Crippen LogP contribution in [-0.4, -0.2) is 0 Å². The van der Waals surface area contributed by atoms with E-state index in [0.717, 1.165) is 11.8 Å². The van der Waals surface area contributed by atoms with Crippen molar-refractivity contribution in [2.24, 2.45) is 17.3 Å². The summed E-state index contributed by atoms with van der Waals surface area (Å²) in [5, 5.41) is 0. The lowest BCUT2D eigenvalue weighted by molar-refractivity contribution is 0.172. The highest BCUT2D eigenvalue weighted by molar-refractivity contribution is 4.78. The minimum Gasteiger partial charge on any atom is -0.0654 e.